The maximum Gasteiger partial charge on any atom is 0.243 e. The summed E-state index contributed by atoms with van der Waals surface area (Å²) in [6.45, 7) is 10.0. The van der Waals surface area contributed by atoms with Gasteiger partial charge in [0.1, 0.15) is 11.8 Å². The number of benzene rings is 1. The smallest absolute Gasteiger partial charge is 0.243 e. The summed E-state index contributed by atoms with van der Waals surface area (Å²) >= 11 is 0. The Morgan fingerprint density at radius 2 is 1.90 bits per heavy atom. The van der Waals surface area contributed by atoms with Crippen LogP contribution in [0.2, 0.25) is 0 Å². The monoisotopic (exact) mass is 425 g/mol. The van der Waals surface area contributed by atoms with Gasteiger partial charge in [0.05, 0.1) is 18.6 Å². The van der Waals surface area contributed by atoms with Crippen molar-refractivity contribution in [3.63, 3.8) is 0 Å². The lowest BCUT2D eigenvalue weighted by Crippen LogP contribution is -2.48. The first-order valence-electron chi connectivity index (χ1n) is 10.4. The van der Waals surface area contributed by atoms with Crippen LogP contribution in [-0.4, -0.2) is 64.3 Å². The maximum absolute atomic E-state index is 12.6. The molecule has 1 atom stereocenters. The zero-order valence-corrected chi connectivity index (χ0v) is 18.9. The quantitative estimate of drug-likeness (QED) is 0.583. The Morgan fingerprint density at radius 1 is 1.28 bits per heavy atom. The number of ether oxygens (including phenoxy) is 1. The highest BCUT2D eigenvalue weighted by Gasteiger charge is 2.29. The van der Waals surface area contributed by atoms with Gasteiger partial charge in [-0.05, 0) is 82.9 Å². The molecule has 0 saturated carbocycles. The summed E-state index contributed by atoms with van der Waals surface area (Å²) in [6, 6.07) is 5.90. The minimum Gasteiger partial charge on any atom is -0.494 e. The van der Waals surface area contributed by atoms with Crippen LogP contribution in [0.25, 0.3) is 0 Å². The SMILES string of the molecule is CCOc1ccc(N([C@H](C)C(=O)NCCCN2CCC(C)CC2)S(C)(=O)=O)cc1. The first-order chi connectivity index (χ1) is 13.7. The maximum atomic E-state index is 12.6. The van der Waals surface area contributed by atoms with Crippen molar-refractivity contribution >= 4 is 21.6 Å². The number of carbonyl (C=O) groups excluding carboxylic acids is 1. The van der Waals surface area contributed by atoms with Crippen molar-refractivity contribution < 1.29 is 17.9 Å². The van der Waals surface area contributed by atoms with E-state index in [4.69, 9.17) is 4.74 Å². The van der Waals surface area contributed by atoms with E-state index >= 15 is 0 Å². The summed E-state index contributed by atoms with van der Waals surface area (Å²) in [5, 5.41) is 2.89. The van der Waals surface area contributed by atoms with Gasteiger partial charge in [-0.1, -0.05) is 6.92 Å². The lowest BCUT2D eigenvalue weighted by molar-refractivity contribution is -0.121. The van der Waals surface area contributed by atoms with Gasteiger partial charge in [0.15, 0.2) is 0 Å². The van der Waals surface area contributed by atoms with Crippen LogP contribution >= 0.6 is 0 Å². The average Bonchev–Trinajstić information content (AvgIpc) is 2.67. The molecule has 0 aromatic heterocycles. The number of carbonyl (C=O) groups is 1. The van der Waals surface area contributed by atoms with Crippen LogP contribution in [0.4, 0.5) is 5.69 Å². The molecule has 1 aliphatic heterocycles. The summed E-state index contributed by atoms with van der Waals surface area (Å²) in [5.74, 6) is 1.17. The van der Waals surface area contributed by atoms with Gasteiger partial charge in [0, 0.05) is 6.54 Å². The summed E-state index contributed by atoms with van der Waals surface area (Å²) < 4.78 is 31.3. The number of amides is 1. The molecule has 1 aromatic carbocycles. The van der Waals surface area contributed by atoms with Crippen LogP contribution in [-0.2, 0) is 14.8 Å². The summed E-state index contributed by atoms with van der Waals surface area (Å²) in [7, 11) is -3.62. The molecule has 0 radical (unpaired) electrons. The average molecular weight is 426 g/mol. The molecule has 0 unspecified atom stereocenters. The van der Waals surface area contributed by atoms with Crippen LogP contribution in [0.1, 0.15) is 40.0 Å². The highest BCUT2D eigenvalue weighted by atomic mass is 32.2. The van der Waals surface area contributed by atoms with Gasteiger partial charge in [0.2, 0.25) is 15.9 Å². The number of hydrogen-bond donors (Lipinski definition) is 1. The van der Waals surface area contributed by atoms with Crippen LogP contribution in [0.3, 0.4) is 0 Å². The molecule has 0 spiro atoms. The van der Waals surface area contributed by atoms with E-state index in [2.05, 4.69) is 17.1 Å². The molecule has 29 heavy (non-hydrogen) atoms. The number of nitrogens with zero attached hydrogens (tertiary/aromatic N) is 2. The second-order valence-electron chi connectivity index (χ2n) is 7.83. The van der Waals surface area contributed by atoms with Gasteiger partial charge < -0.3 is 15.0 Å². The van der Waals surface area contributed by atoms with Gasteiger partial charge in [-0.3, -0.25) is 9.10 Å². The number of sulfonamides is 1. The number of rotatable bonds is 10. The normalized spacial score (nSPS) is 17.0. The van der Waals surface area contributed by atoms with Crippen molar-refractivity contribution in [2.75, 3.05) is 43.3 Å². The molecule has 7 nitrogen and oxygen atoms in total. The molecule has 0 bridgehead atoms. The standard InChI is InChI=1S/C21H35N3O4S/c1-5-28-20-9-7-19(8-10-20)24(29(4,26)27)18(3)21(25)22-13-6-14-23-15-11-17(2)12-16-23/h7-10,17-18H,5-6,11-16H2,1-4H3,(H,22,25)/t18-/m1/s1. The Labute approximate surface area is 175 Å². The van der Waals surface area contributed by atoms with Crippen LogP contribution in [0.5, 0.6) is 5.75 Å². The third-order valence-electron chi connectivity index (χ3n) is 5.32. The molecule has 2 rings (SSSR count). The molecular weight excluding hydrogens is 390 g/mol. The second-order valence-corrected chi connectivity index (χ2v) is 9.69. The van der Waals surface area contributed by atoms with E-state index in [-0.39, 0.29) is 5.91 Å². The number of piperidine rings is 1. The molecule has 1 aromatic rings. The molecule has 0 aliphatic carbocycles. The van der Waals surface area contributed by atoms with Crippen molar-refractivity contribution in [3.8, 4) is 5.75 Å². The number of anilines is 1. The van der Waals surface area contributed by atoms with E-state index in [1.54, 1.807) is 31.2 Å². The number of likely N-dealkylation sites (tertiary alicyclic amines) is 1. The number of hydrogen-bond acceptors (Lipinski definition) is 5. The molecule has 1 heterocycles. The lowest BCUT2D eigenvalue weighted by Gasteiger charge is -2.30. The molecule has 1 N–H and O–H groups in total. The fraction of sp³-hybridized carbons (Fsp3) is 0.667. The Kier molecular flexibility index (Phi) is 8.77. The molecule has 1 amide bonds. The van der Waals surface area contributed by atoms with E-state index in [1.807, 2.05) is 6.92 Å². The van der Waals surface area contributed by atoms with Crippen molar-refractivity contribution in [1.82, 2.24) is 10.2 Å². The summed E-state index contributed by atoms with van der Waals surface area (Å²) in [5.41, 5.74) is 0.445. The largest absolute Gasteiger partial charge is 0.494 e. The Bertz CT molecular complexity index is 744. The Morgan fingerprint density at radius 3 is 2.45 bits per heavy atom. The zero-order chi connectivity index (χ0) is 21.4. The first kappa shape index (κ1) is 23.5. The van der Waals surface area contributed by atoms with E-state index < -0.39 is 16.1 Å². The third kappa shape index (κ3) is 7.19. The second kappa shape index (κ2) is 10.8. The van der Waals surface area contributed by atoms with Crippen molar-refractivity contribution in [1.29, 1.82) is 0 Å². The predicted octanol–water partition coefficient (Wildman–Crippen LogP) is 2.48. The Balaban J connectivity index is 1.91. The van der Waals surface area contributed by atoms with Gasteiger partial charge in [-0.25, -0.2) is 8.42 Å². The highest BCUT2D eigenvalue weighted by molar-refractivity contribution is 7.92. The zero-order valence-electron chi connectivity index (χ0n) is 18.1. The van der Waals surface area contributed by atoms with E-state index in [1.165, 1.54) is 12.8 Å². The van der Waals surface area contributed by atoms with Gasteiger partial charge in [0.25, 0.3) is 0 Å². The van der Waals surface area contributed by atoms with Crippen LogP contribution < -0.4 is 14.4 Å². The summed E-state index contributed by atoms with van der Waals surface area (Å²) in [4.78, 5) is 15.0. The lowest BCUT2D eigenvalue weighted by atomic mass is 9.99. The van der Waals surface area contributed by atoms with Gasteiger partial charge in [-0.15, -0.1) is 0 Å². The molecule has 164 valence electrons. The van der Waals surface area contributed by atoms with Crippen LogP contribution in [0.15, 0.2) is 24.3 Å². The molecule has 1 saturated heterocycles. The van der Waals surface area contributed by atoms with Gasteiger partial charge >= 0.3 is 0 Å². The van der Waals surface area contributed by atoms with E-state index in [9.17, 15) is 13.2 Å². The minimum absolute atomic E-state index is 0.295. The van der Waals surface area contributed by atoms with Crippen LogP contribution in [0, 0.1) is 5.92 Å². The molecule has 1 fully saturated rings. The number of nitrogens with one attached hydrogen (secondary N) is 1. The van der Waals surface area contributed by atoms with Gasteiger partial charge in [-0.2, -0.15) is 0 Å². The van der Waals surface area contributed by atoms with Crippen molar-refractivity contribution in [3.05, 3.63) is 24.3 Å². The molecule has 1 aliphatic rings. The molecular formula is C21H35N3O4S. The topological polar surface area (TPSA) is 79.0 Å². The first-order valence-corrected chi connectivity index (χ1v) is 12.3. The van der Waals surface area contributed by atoms with Crippen molar-refractivity contribution in [2.45, 2.75) is 46.1 Å². The fourth-order valence-electron chi connectivity index (χ4n) is 3.61. The van der Waals surface area contributed by atoms with E-state index in [0.717, 1.165) is 42.5 Å². The minimum atomic E-state index is -3.62. The van der Waals surface area contributed by atoms with Crippen molar-refractivity contribution in [2.24, 2.45) is 5.92 Å². The van der Waals surface area contributed by atoms with E-state index in [0.29, 0.717) is 24.6 Å². The third-order valence-corrected chi connectivity index (χ3v) is 6.56. The highest BCUT2D eigenvalue weighted by Crippen LogP contribution is 2.24. The predicted molar refractivity (Wildman–Crippen MR) is 117 cm³/mol. The molecule has 8 heteroatoms. The fourth-order valence-corrected chi connectivity index (χ4v) is 4.79. The Hall–Kier alpha value is -1.80. The summed E-state index contributed by atoms with van der Waals surface area (Å²) in [6.07, 6.45) is 4.43.